The van der Waals surface area contributed by atoms with Crippen LogP contribution in [-0.4, -0.2) is 33.4 Å². The molecule has 0 saturated carbocycles. The smallest absolute Gasteiger partial charge is 0.168 e. The molecule has 2 aromatic heterocycles. The summed E-state index contributed by atoms with van der Waals surface area (Å²) in [6.45, 7) is 2.83. The van der Waals surface area contributed by atoms with Crippen LogP contribution in [0.3, 0.4) is 0 Å². The van der Waals surface area contributed by atoms with Crippen LogP contribution >= 0.6 is 0 Å². The summed E-state index contributed by atoms with van der Waals surface area (Å²) in [4.78, 5) is 8.56. The summed E-state index contributed by atoms with van der Waals surface area (Å²) < 4.78 is 7.02. The molecular weight excluding hydrogens is 254 g/mol. The quantitative estimate of drug-likeness (QED) is 0.787. The maximum absolute atomic E-state index is 5.24. The molecule has 0 aliphatic rings. The molecule has 0 saturated heterocycles. The van der Waals surface area contributed by atoms with E-state index in [4.69, 9.17) is 4.74 Å². The number of benzene rings is 1. The van der Waals surface area contributed by atoms with Crippen LogP contribution in [0, 0.1) is 0 Å². The molecule has 0 aliphatic heterocycles. The van der Waals surface area contributed by atoms with Crippen molar-refractivity contribution in [2.75, 3.05) is 19.0 Å². The lowest BCUT2D eigenvalue weighted by Gasteiger charge is -2.06. The third-order valence-corrected chi connectivity index (χ3v) is 3.01. The first-order valence-corrected chi connectivity index (χ1v) is 6.40. The molecule has 1 aromatic carbocycles. The van der Waals surface area contributed by atoms with Gasteiger partial charge in [-0.15, -0.1) is 0 Å². The Bertz CT molecular complexity index is 737. The van der Waals surface area contributed by atoms with Crippen molar-refractivity contribution in [2.24, 2.45) is 0 Å². The maximum Gasteiger partial charge on any atom is 0.168 e. The average molecular weight is 269 g/mol. The van der Waals surface area contributed by atoms with Crippen molar-refractivity contribution >= 4 is 16.9 Å². The summed E-state index contributed by atoms with van der Waals surface area (Å²) in [6, 6.07) is 7.70. The van der Waals surface area contributed by atoms with Crippen molar-refractivity contribution in [2.45, 2.75) is 6.92 Å². The van der Waals surface area contributed by atoms with Crippen LogP contribution < -0.4 is 10.1 Å². The fourth-order valence-corrected chi connectivity index (χ4v) is 2.08. The second kappa shape index (κ2) is 5.16. The van der Waals surface area contributed by atoms with E-state index in [1.165, 1.54) is 0 Å². The minimum Gasteiger partial charge on any atom is -0.497 e. The van der Waals surface area contributed by atoms with Gasteiger partial charge >= 0.3 is 0 Å². The van der Waals surface area contributed by atoms with Crippen LogP contribution in [0.25, 0.3) is 16.7 Å². The maximum atomic E-state index is 5.24. The van der Waals surface area contributed by atoms with Gasteiger partial charge in [0.25, 0.3) is 0 Å². The molecule has 0 radical (unpaired) electrons. The second-order valence-electron chi connectivity index (χ2n) is 4.25. The lowest BCUT2D eigenvalue weighted by Crippen LogP contribution is -2.02. The number of nitrogens with zero attached hydrogens (tertiary/aromatic N) is 4. The number of hydrogen-bond acceptors (Lipinski definition) is 5. The Hall–Kier alpha value is -2.63. The van der Waals surface area contributed by atoms with E-state index >= 15 is 0 Å². The van der Waals surface area contributed by atoms with Crippen molar-refractivity contribution in [1.82, 2.24) is 19.7 Å². The van der Waals surface area contributed by atoms with Gasteiger partial charge in [0, 0.05) is 12.6 Å². The van der Waals surface area contributed by atoms with E-state index in [1.807, 2.05) is 31.2 Å². The fourth-order valence-electron chi connectivity index (χ4n) is 2.08. The third kappa shape index (κ3) is 2.05. The van der Waals surface area contributed by atoms with E-state index < -0.39 is 0 Å². The number of aromatic nitrogens is 4. The molecule has 0 spiro atoms. The van der Waals surface area contributed by atoms with Gasteiger partial charge in [0.15, 0.2) is 5.65 Å². The van der Waals surface area contributed by atoms with Crippen LogP contribution in [0.15, 0.2) is 36.8 Å². The van der Waals surface area contributed by atoms with Gasteiger partial charge in [0.05, 0.1) is 24.4 Å². The molecule has 0 bridgehead atoms. The molecule has 0 amide bonds. The summed E-state index contributed by atoms with van der Waals surface area (Å²) in [7, 11) is 1.64. The molecule has 102 valence electrons. The Kier molecular flexibility index (Phi) is 3.20. The first kappa shape index (κ1) is 12.4. The first-order valence-electron chi connectivity index (χ1n) is 6.40. The molecule has 3 aromatic rings. The van der Waals surface area contributed by atoms with Crippen molar-refractivity contribution in [3.63, 3.8) is 0 Å². The van der Waals surface area contributed by atoms with Gasteiger partial charge in [-0.05, 0) is 19.1 Å². The molecule has 6 nitrogen and oxygen atoms in total. The number of ether oxygens (including phenoxy) is 1. The number of rotatable bonds is 4. The van der Waals surface area contributed by atoms with E-state index in [0.717, 1.165) is 34.8 Å². The molecule has 6 heteroatoms. The summed E-state index contributed by atoms with van der Waals surface area (Å²) in [6.07, 6.45) is 3.31. The second-order valence-corrected chi connectivity index (χ2v) is 4.25. The zero-order valence-corrected chi connectivity index (χ0v) is 11.4. The van der Waals surface area contributed by atoms with E-state index in [2.05, 4.69) is 20.4 Å². The highest BCUT2D eigenvalue weighted by atomic mass is 16.5. The van der Waals surface area contributed by atoms with Gasteiger partial charge in [-0.3, -0.25) is 0 Å². The predicted octanol–water partition coefficient (Wildman–Crippen LogP) is 2.26. The van der Waals surface area contributed by atoms with Crippen molar-refractivity contribution in [3.8, 4) is 11.4 Å². The number of hydrogen-bond donors (Lipinski definition) is 1. The van der Waals surface area contributed by atoms with Gasteiger partial charge in [-0.1, -0.05) is 6.07 Å². The summed E-state index contributed by atoms with van der Waals surface area (Å²) >= 11 is 0. The Morgan fingerprint density at radius 3 is 3.00 bits per heavy atom. The highest BCUT2D eigenvalue weighted by Crippen LogP contribution is 2.23. The van der Waals surface area contributed by atoms with E-state index in [0.29, 0.717) is 0 Å². The van der Waals surface area contributed by atoms with Crippen LogP contribution in [-0.2, 0) is 0 Å². The Morgan fingerprint density at radius 2 is 2.20 bits per heavy atom. The van der Waals surface area contributed by atoms with Crippen molar-refractivity contribution < 1.29 is 4.74 Å². The molecule has 2 heterocycles. The van der Waals surface area contributed by atoms with Gasteiger partial charge in [-0.2, -0.15) is 5.10 Å². The number of methoxy groups -OCH3 is 1. The monoisotopic (exact) mass is 269 g/mol. The fraction of sp³-hybridized carbons (Fsp3) is 0.214. The lowest BCUT2D eigenvalue weighted by atomic mass is 10.3. The molecule has 0 unspecified atom stereocenters. The number of nitrogens with one attached hydrogen (secondary N) is 1. The van der Waals surface area contributed by atoms with E-state index in [-0.39, 0.29) is 0 Å². The summed E-state index contributed by atoms with van der Waals surface area (Å²) in [5, 5.41) is 8.51. The topological polar surface area (TPSA) is 64.9 Å². The van der Waals surface area contributed by atoms with Gasteiger partial charge in [0.1, 0.15) is 17.9 Å². The molecule has 1 N–H and O–H groups in total. The number of fused-ring (bicyclic) bond motifs is 1. The SMILES string of the molecule is CCNc1ncnc2c1cnn2-c1cccc(OC)c1. The van der Waals surface area contributed by atoms with Crippen LogP contribution in [0.4, 0.5) is 5.82 Å². The van der Waals surface area contributed by atoms with Gasteiger partial charge in [-0.25, -0.2) is 14.6 Å². The Labute approximate surface area is 116 Å². The Morgan fingerprint density at radius 1 is 1.30 bits per heavy atom. The minimum atomic E-state index is 0.768. The van der Waals surface area contributed by atoms with Gasteiger partial charge < -0.3 is 10.1 Å². The third-order valence-electron chi connectivity index (χ3n) is 3.01. The largest absolute Gasteiger partial charge is 0.497 e. The van der Waals surface area contributed by atoms with Crippen LogP contribution in [0.1, 0.15) is 6.92 Å². The summed E-state index contributed by atoms with van der Waals surface area (Å²) in [5.74, 6) is 1.58. The first-order chi connectivity index (χ1) is 9.83. The van der Waals surface area contributed by atoms with Crippen LogP contribution in [0.5, 0.6) is 5.75 Å². The van der Waals surface area contributed by atoms with Crippen molar-refractivity contribution in [1.29, 1.82) is 0 Å². The standard InChI is InChI=1S/C14H15N5O/c1-3-15-13-12-8-18-19(14(12)17-9-16-13)10-5-4-6-11(7-10)20-2/h4-9H,3H2,1-2H3,(H,15,16,17). The highest BCUT2D eigenvalue weighted by molar-refractivity contribution is 5.87. The minimum absolute atomic E-state index is 0.768. The zero-order chi connectivity index (χ0) is 13.9. The molecule has 20 heavy (non-hydrogen) atoms. The lowest BCUT2D eigenvalue weighted by molar-refractivity contribution is 0.414. The zero-order valence-electron chi connectivity index (χ0n) is 11.4. The van der Waals surface area contributed by atoms with E-state index in [9.17, 15) is 0 Å². The van der Waals surface area contributed by atoms with E-state index in [1.54, 1.807) is 24.3 Å². The average Bonchev–Trinajstić information content (AvgIpc) is 2.93. The number of anilines is 1. The molecule has 0 aliphatic carbocycles. The Balaban J connectivity index is 2.14. The molecular formula is C14H15N5O. The molecule has 0 fully saturated rings. The van der Waals surface area contributed by atoms with Crippen LogP contribution in [0.2, 0.25) is 0 Å². The van der Waals surface area contributed by atoms with Gasteiger partial charge in [0.2, 0.25) is 0 Å². The predicted molar refractivity (Wildman–Crippen MR) is 77.4 cm³/mol. The summed E-state index contributed by atoms with van der Waals surface area (Å²) in [5.41, 5.74) is 1.67. The normalized spacial score (nSPS) is 10.7. The van der Waals surface area contributed by atoms with Crippen molar-refractivity contribution in [3.05, 3.63) is 36.8 Å². The highest BCUT2D eigenvalue weighted by Gasteiger charge is 2.10. The molecule has 3 rings (SSSR count). The molecule has 0 atom stereocenters.